The van der Waals surface area contributed by atoms with Crippen LogP contribution in [0.1, 0.15) is 17.3 Å². The Morgan fingerprint density at radius 3 is 2.48 bits per heavy atom. The van der Waals surface area contributed by atoms with Crippen molar-refractivity contribution >= 4 is 23.0 Å². The van der Waals surface area contributed by atoms with Crippen molar-refractivity contribution in [1.29, 1.82) is 0 Å². The Balaban J connectivity index is 2.48. The fraction of sp³-hybridized carbons (Fsp3) is 0.188. The van der Waals surface area contributed by atoms with Crippen molar-refractivity contribution in [1.82, 2.24) is 0 Å². The van der Waals surface area contributed by atoms with Crippen LogP contribution in [-0.4, -0.2) is 19.6 Å². The number of nitrogen functional groups attached to an aromatic ring is 1. The van der Waals surface area contributed by atoms with E-state index in [1.54, 1.807) is 24.3 Å². The van der Waals surface area contributed by atoms with Gasteiger partial charge in [0.2, 0.25) is 0 Å². The summed E-state index contributed by atoms with van der Waals surface area (Å²) in [7, 11) is 1.31. The molecule has 0 aliphatic heterocycles. The van der Waals surface area contributed by atoms with Crippen molar-refractivity contribution in [2.24, 2.45) is 0 Å². The average molecular weight is 288 g/mol. The molecule has 5 heteroatoms. The van der Waals surface area contributed by atoms with Crippen LogP contribution in [0.2, 0.25) is 0 Å². The van der Waals surface area contributed by atoms with E-state index < -0.39 is 5.97 Å². The highest BCUT2D eigenvalue weighted by atomic mass is 19.1. The van der Waals surface area contributed by atoms with Crippen LogP contribution in [0.3, 0.4) is 0 Å². The molecular formula is C16H17FN2O2. The number of methoxy groups -OCH3 is 1. The van der Waals surface area contributed by atoms with Crippen LogP contribution >= 0.6 is 0 Å². The Morgan fingerprint density at radius 2 is 1.90 bits per heavy atom. The van der Waals surface area contributed by atoms with Crippen molar-refractivity contribution < 1.29 is 13.9 Å². The molecule has 0 bridgehead atoms. The predicted molar refractivity (Wildman–Crippen MR) is 81.3 cm³/mol. The van der Waals surface area contributed by atoms with Crippen LogP contribution in [0.4, 0.5) is 21.5 Å². The number of anilines is 3. The monoisotopic (exact) mass is 288 g/mol. The number of rotatable bonds is 4. The summed E-state index contributed by atoms with van der Waals surface area (Å²) in [5.74, 6) is -0.782. The zero-order valence-electron chi connectivity index (χ0n) is 12.0. The summed E-state index contributed by atoms with van der Waals surface area (Å²) in [5.41, 5.74) is 8.23. The molecule has 0 heterocycles. The number of carbonyl (C=O) groups excluding carboxylic acids is 1. The van der Waals surface area contributed by atoms with E-state index in [4.69, 9.17) is 10.5 Å². The second kappa shape index (κ2) is 6.26. The number of hydrogen-bond acceptors (Lipinski definition) is 4. The van der Waals surface area contributed by atoms with Gasteiger partial charge in [-0.15, -0.1) is 0 Å². The summed E-state index contributed by atoms with van der Waals surface area (Å²) in [5, 5.41) is 0. The van der Waals surface area contributed by atoms with E-state index in [-0.39, 0.29) is 5.82 Å². The summed E-state index contributed by atoms with van der Waals surface area (Å²) >= 11 is 0. The van der Waals surface area contributed by atoms with Gasteiger partial charge in [0.1, 0.15) is 5.82 Å². The molecule has 0 unspecified atom stereocenters. The Labute approximate surface area is 122 Å². The number of nitrogens with two attached hydrogens (primary N) is 1. The normalized spacial score (nSPS) is 10.2. The van der Waals surface area contributed by atoms with E-state index >= 15 is 0 Å². The van der Waals surface area contributed by atoms with Crippen LogP contribution in [0.15, 0.2) is 42.5 Å². The lowest BCUT2D eigenvalue weighted by atomic mass is 10.1. The van der Waals surface area contributed by atoms with Crippen molar-refractivity contribution in [3.8, 4) is 0 Å². The lowest BCUT2D eigenvalue weighted by Crippen LogP contribution is -2.19. The minimum absolute atomic E-state index is 0.300. The molecule has 0 saturated heterocycles. The van der Waals surface area contributed by atoms with Gasteiger partial charge in [-0.1, -0.05) is 6.07 Å². The third kappa shape index (κ3) is 2.97. The molecule has 21 heavy (non-hydrogen) atoms. The molecule has 0 saturated carbocycles. The molecule has 0 fully saturated rings. The van der Waals surface area contributed by atoms with Gasteiger partial charge in [0.05, 0.1) is 24.0 Å². The van der Waals surface area contributed by atoms with Gasteiger partial charge < -0.3 is 15.4 Å². The number of benzene rings is 2. The molecule has 0 amide bonds. The predicted octanol–water partition coefficient (Wildman–Crippen LogP) is 3.35. The van der Waals surface area contributed by atoms with E-state index in [0.717, 1.165) is 5.69 Å². The van der Waals surface area contributed by atoms with E-state index in [1.807, 2.05) is 17.9 Å². The number of carbonyl (C=O) groups is 1. The summed E-state index contributed by atoms with van der Waals surface area (Å²) in [6.07, 6.45) is 0. The molecular weight excluding hydrogens is 271 g/mol. The first kappa shape index (κ1) is 14.8. The third-order valence-electron chi connectivity index (χ3n) is 3.23. The summed E-state index contributed by atoms with van der Waals surface area (Å²) in [6.45, 7) is 2.58. The SMILES string of the molecule is CCN(c1ccc(F)cc1)c1cccc(C(=O)OC)c1N. The van der Waals surface area contributed by atoms with Gasteiger partial charge in [0.15, 0.2) is 0 Å². The Bertz CT molecular complexity index is 641. The molecule has 4 nitrogen and oxygen atoms in total. The van der Waals surface area contributed by atoms with Gasteiger partial charge in [-0.2, -0.15) is 0 Å². The van der Waals surface area contributed by atoms with Crippen molar-refractivity contribution in [2.45, 2.75) is 6.92 Å². The van der Waals surface area contributed by atoms with Crippen molar-refractivity contribution in [3.05, 3.63) is 53.8 Å². The van der Waals surface area contributed by atoms with E-state index in [1.165, 1.54) is 19.2 Å². The summed E-state index contributed by atoms with van der Waals surface area (Å²) in [6, 6.07) is 11.3. The van der Waals surface area contributed by atoms with E-state index in [9.17, 15) is 9.18 Å². The van der Waals surface area contributed by atoms with Gasteiger partial charge in [-0.3, -0.25) is 0 Å². The summed E-state index contributed by atoms with van der Waals surface area (Å²) < 4.78 is 17.8. The molecule has 2 N–H and O–H groups in total. The first-order valence-corrected chi connectivity index (χ1v) is 6.58. The molecule has 0 radical (unpaired) electrons. The van der Waals surface area contributed by atoms with Gasteiger partial charge in [-0.05, 0) is 43.3 Å². The molecule has 2 aromatic carbocycles. The molecule has 0 aliphatic carbocycles. The molecule has 110 valence electrons. The Hall–Kier alpha value is -2.56. The molecule has 0 atom stereocenters. The molecule has 0 aromatic heterocycles. The molecule has 0 aliphatic rings. The zero-order valence-corrected chi connectivity index (χ0v) is 12.0. The largest absolute Gasteiger partial charge is 0.465 e. The number of para-hydroxylation sites is 1. The standard InChI is InChI=1S/C16H17FN2O2/c1-3-19(12-9-7-11(17)8-10-12)14-6-4-5-13(15(14)18)16(20)21-2/h4-10H,3,18H2,1-2H3. The highest BCUT2D eigenvalue weighted by Crippen LogP contribution is 2.32. The highest BCUT2D eigenvalue weighted by Gasteiger charge is 2.17. The Morgan fingerprint density at radius 1 is 1.24 bits per heavy atom. The third-order valence-corrected chi connectivity index (χ3v) is 3.23. The zero-order chi connectivity index (χ0) is 15.4. The fourth-order valence-corrected chi connectivity index (χ4v) is 2.19. The van der Waals surface area contributed by atoms with Crippen LogP contribution in [0.5, 0.6) is 0 Å². The summed E-state index contributed by atoms with van der Waals surface area (Å²) in [4.78, 5) is 13.6. The lowest BCUT2D eigenvalue weighted by molar-refractivity contribution is 0.0602. The quantitative estimate of drug-likeness (QED) is 0.692. The molecule has 0 spiro atoms. The fourth-order valence-electron chi connectivity index (χ4n) is 2.19. The Kier molecular flexibility index (Phi) is 4.42. The van der Waals surface area contributed by atoms with E-state index in [0.29, 0.717) is 23.5 Å². The average Bonchev–Trinajstić information content (AvgIpc) is 2.50. The minimum Gasteiger partial charge on any atom is -0.465 e. The number of ether oxygens (including phenoxy) is 1. The van der Waals surface area contributed by atoms with Crippen LogP contribution in [-0.2, 0) is 4.74 Å². The maximum Gasteiger partial charge on any atom is 0.340 e. The maximum absolute atomic E-state index is 13.0. The number of esters is 1. The van der Waals surface area contributed by atoms with Crippen LogP contribution < -0.4 is 10.6 Å². The van der Waals surface area contributed by atoms with Crippen molar-refractivity contribution in [3.63, 3.8) is 0 Å². The van der Waals surface area contributed by atoms with Gasteiger partial charge in [-0.25, -0.2) is 9.18 Å². The second-order valence-electron chi connectivity index (χ2n) is 4.45. The van der Waals surface area contributed by atoms with E-state index in [2.05, 4.69) is 0 Å². The first-order chi connectivity index (χ1) is 10.1. The van der Waals surface area contributed by atoms with Gasteiger partial charge in [0.25, 0.3) is 0 Å². The molecule has 2 rings (SSSR count). The first-order valence-electron chi connectivity index (χ1n) is 6.58. The highest BCUT2D eigenvalue weighted by molar-refractivity contribution is 5.99. The number of halogens is 1. The topological polar surface area (TPSA) is 55.6 Å². The van der Waals surface area contributed by atoms with Gasteiger partial charge in [0, 0.05) is 12.2 Å². The van der Waals surface area contributed by atoms with Crippen molar-refractivity contribution in [2.75, 3.05) is 24.3 Å². The van der Waals surface area contributed by atoms with Gasteiger partial charge >= 0.3 is 5.97 Å². The molecule has 2 aromatic rings. The number of hydrogen-bond donors (Lipinski definition) is 1. The lowest BCUT2D eigenvalue weighted by Gasteiger charge is -2.25. The maximum atomic E-state index is 13.0. The van der Waals surface area contributed by atoms with Crippen LogP contribution in [0.25, 0.3) is 0 Å². The second-order valence-corrected chi connectivity index (χ2v) is 4.45. The smallest absolute Gasteiger partial charge is 0.340 e. The number of nitrogens with zero attached hydrogens (tertiary/aromatic N) is 1. The van der Waals surface area contributed by atoms with Crippen LogP contribution in [0, 0.1) is 5.82 Å². The minimum atomic E-state index is -0.482.